The van der Waals surface area contributed by atoms with Gasteiger partial charge in [-0.3, -0.25) is 19.9 Å². The summed E-state index contributed by atoms with van der Waals surface area (Å²) in [6, 6.07) is 30.1. The molecule has 2 N–H and O–H groups in total. The average molecular weight is 856 g/mol. The monoisotopic (exact) mass is 855 g/mol. The van der Waals surface area contributed by atoms with Crippen LogP contribution in [-0.2, 0) is 24.2 Å². The molecule has 5 aromatic carbocycles. The number of rotatable bonds is 21. The van der Waals surface area contributed by atoms with Gasteiger partial charge in [0, 0.05) is 61.1 Å². The van der Waals surface area contributed by atoms with Crippen LogP contribution in [0, 0.1) is 0 Å². The Morgan fingerprint density at radius 2 is 1.54 bits per heavy atom. The average Bonchev–Trinajstić information content (AvgIpc) is 3.65. The number of amides is 2. The molecule has 63 heavy (non-hydrogen) atoms. The van der Waals surface area contributed by atoms with Crippen LogP contribution >= 0.6 is 0 Å². The fraction of sp³-hybridized carbons (Fsp3) is 0.320. The Hall–Kier alpha value is -7.02. The van der Waals surface area contributed by atoms with Crippen LogP contribution in [0.2, 0.25) is 0 Å². The third-order valence-corrected chi connectivity index (χ3v) is 10.9. The third kappa shape index (κ3) is 11.5. The van der Waals surface area contributed by atoms with Crippen molar-refractivity contribution in [2.75, 3.05) is 68.5 Å². The van der Waals surface area contributed by atoms with Crippen molar-refractivity contribution in [3.8, 4) is 23.0 Å². The first-order valence-electron chi connectivity index (χ1n) is 21.3. The van der Waals surface area contributed by atoms with E-state index in [4.69, 9.17) is 23.7 Å². The molecule has 1 aliphatic heterocycles. The van der Waals surface area contributed by atoms with Gasteiger partial charge in [-0.2, -0.15) is 0 Å². The number of fused-ring (bicyclic) bond motifs is 1. The van der Waals surface area contributed by atoms with Crippen LogP contribution in [0.25, 0.3) is 0 Å². The minimum absolute atomic E-state index is 0.0393. The van der Waals surface area contributed by atoms with Gasteiger partial charge in [-0.15, -0.1) is 0 Å². The Balaban J connectivity index is 1.08. The Bertz CT molecular complexity index is 2380. The number of aldehydes is 1. The van der Waals surface area contributed by atoms with Gasteiger partial charge in [0.2, 0.25) is 0 Å². The van der Waals surface area contributed by atoms with Gasteiger partial charge in [-0.1, -0.05) is 55.5 Å². The lowest BCUT2D eigenvalue weighted by Crippen LogP contribution is -2.36. The summed E-state index contributed by atoms with van der Waals surface area (Å²) in [6.45, 7) is 5.45. The summed E-state index contributed by atoms with van der Waals surface area (Å²) in [4.78, 5) is 48.0. The van der Waals surface area contributed by atoms with E-state index in [2.05, 4.69) is 39.6 Å². The molecule has 13 nitrogen and oxygen atoms in total. The highest BCUT2D eigenvalue weighted by molar-refractivity contribution is 6.12. The molecule has 0 saturated carbocycles. The lowest BCUT2D eigenvalue weighted by Gasteiger charge is -2.25. The largest absolute Gasteiger partial charge is 0.493 e. The van der Waals surface area contributed by atoms with Crippen molar-refractivity contribution in [1.29, 1.82) is 0 Å². The fourth-order valence-electron chi connectivity index (χ4n) is 7.51. The molecular weight excluding hydrogens is 799 g/mol. The number of methoxy groups -OCH3 is 2. The predicted molar refractivity (Wildman–Crippen MR) is 250 cm³/mol. The zero-order chi connectivity index (χ0) is 44.7. The zero-order valence-electron chi connectivity index (χ0n) is 36.9. The molecule has 6 rings (SSSR count). The van der Waals surface area contributed by atoms with Gasteiger partial charge in [-0.05, 0) is 92.1 Å². The molecule has 0 saturated heterocycles. The summed E-state index contributed by atoms with van der Waals surface area (Å²) in [5.41, 5.74) is 7.42. The van der Waals surface area contributed by atoms with E-state index in [1.807, 2.05) is 81.7 Å². The first kappa shape index (κ1) is 45.5. The summed E-state index contributed by atoms with van der Waals surface area (Å²) < 4.78 is 29.2. The van der Waals surface area contributed by atoms with Gasteiger partial charge in [-0.25, -0.2) is 4.79 Å². The van der Waals surface area contributed by atoms with E-state index in [1.165, 1.54) is 19.8 Å². The highest BCUT2D eigenvalue weighted by Gasteiger charge is 2.33. The number of para-hydroxylation sites is 2. The van der Waals surface area contributed by atoms with Gasteiger partial charge >= 0.3 is 6.09 Å². The third-order valence-electron chi connectivity index (χ3n) is 10.9. The number of nitrogens with one attached hydrogen (secondary N) is 2. The van der Waals surface area contributed by atoms with Gasteiger partial charge in [0.05, 0.1) is 50.9 Å². The highest BCUT2D eigenvalue weighted by atomic mass is 16.5. The number of ether oxygens (including phenoxy) is 5. The second-order valence-electron chi connectivity index (χ2n) is 15.2. The van der Waals surface area contributed by atoms with E-state index in [-0.39, 0.29) is 29.8 Å². The van der Waals surface area contributed by atoms with E-state index in [0.29, 0.717) is 73.3 Å². The Kier molecular flexibility index (Phi) is 16.0. The molecule has 0 bridgehead atoms. The van der Waals surface area contributed by atoms with Crippen LogP contribution in [0.5, 0.6) is 23.0 Å². The van der Waals surface area contributed by atoms with Crippen molar-refractivity contribution in [2.24, 2.45) is 4.99 Å². The van der Waals surface area contributed by atoms with Crippen LogP contribution in [0.4, 0.5) is 33.2 Å². The maximum absolute atomic E-state index is 14.3. The molecule has 0 spiro atoms. The summed E-state index contributed by atoms with van der Waals surface area (Å²) in [5, 5.41) is 5.87. The van der Waals surface area contributed by atoms with Crippen LogP contribution in [0.15, 0.2) is 102 Å². The minimum Gasteiger partial charge on any atom is -0.493 e. The van der Waals surface area contributed by atoms with Crippen molar-refractivity contribution < 1.29 is 38.1 Å². The first-order chi connectivity index (χ1) is 30.7. The number of anilines is 4. The van der Waals surface area contributed by atoms with Crippen LogP contribution < -0.4 is 39.4 Å². The van der Waals surface area contributed by atoms with E-state index in [9.17, 15) is 14.4 Å². The summed E-state index contributed by atoms with van der Waals surface area (Å²) in [6.07, 6.45) is 5.62. The normalized spacial score (nSPS) is 13.0. The van der Waals surface area contributed by atoms with E-state index >= 15 is 0 Å². The minimum atomic E-state index is -0.717. The Morgan fingerprint density at radius 1 is 0.857 bits per heavy atom. The molecule has 0 fully saturated rings. The second-order valence-corrected chi connectivity index (χ2v) is 15.2. The molecule has 5 aromatic rings. The number of hydrogen-bond acceptors (Lipinski definition) is 11. The maximum atomic E-state index is 14.3. The SMILES string of the molecule is CCc1ccccc1N(C)C/C=N\c1cc(OCCCCCOc2cc(NC(=O)OCc3ccc(NC)cc3)c(C(=O)N3c4ccccc4C[C@H]3C)cc2OC)c(OC)cc1C=O. The van der Waals surface area contributed by atoms with Gasteiger partial charge in [0.1, 0.15) is 6.61 Å². The molecule has 1 aliphatic rings. The van der Waals surface area contributed by atoms with Crippen molar-refractivity contribution >= 4 is 52.9 Å². The molecular formula is C50H57N5O8. The van der Waals surface area contributed by atoms with Crippen LogP contribution in [-0.4, -0.2) is 78.6 Å². The topological polar surface area (TPSA) is 140 Å². The highest BCUT2D eigenvalue weighted by Crippen LogP contribution is 2.39. The number of nitrogens with zero attached hydrogens (tertiary/aromatic N) is 3. The first-order valence-corrected chi connectivity index (χ1v) is 21.3. The lowest BCUT2D eigenvalue weighted by molar-refractivity contribution is 0.0981. The summed E-state index contributed by atoms with van der Waals surface area (Å²) in [7, 11) is 6.90. The molecule has 0 unspecified atom stereocenters. The number of carbonyl (C=O) groups excluding carboxylic acids is 3. The number of unbranched alkanes of at least 4 members (excludes halogenated alkanes) is 2. The van der Waals surface area contributed by atoms with Gasteiger partial charge < -0.3 is 38.8 Å². The molecule has 1 heterocycles. The number of carbonyl (C=O) groups is 3. The van der Waals surface area contributed by atoms with E-state index in [0.717, 1.165) is 47.3 Å². The van der Waals surface area contributed by atoms with Crippen molar-refractivity contribution in [2.45, 2.75) is 58.6 Å². The Morgan fingerprint density at radius 3 is 2.24 bits per heavy atom. The molecule has 0 aliphatic carbocycles. The molecule has 0 aromatic heterocycles. The van der Waals surface area contributed by atoms with Crippen LogP contribution in [0.1, 0.15) is 70.5 Å². The second kappa shape index (κ2) is 22.2. The number of aryl methyl sites for hydroxylation is 1. The molecule has 0 radical (unpaired) electrons. The predicted octanol–water partition coefficient (Wildman–Crippen LogP) is 9.93. The van der Waals surface area contributed by atoms with E-state index < -0.39 is 6.09 Å². The van der Waals surface area contributed by atoms with Gasteiger partial charge in [0.15, 0.2) is 29.3 Å². The quantitative estimate of drug-likeness (QED) is 0.0416. The molecule has 13 heteroatoms. The molecule has 1 atom stereocenters. The standard InChI is InChI=1S/C50H57N5O8/c1-7-36-15-9-11-17-43(36)54(4)24-23-52-41-30-47(45(59-5)28-38(41)32-56)61-25-13-8-14-26-62-48-31-42(53-50(58)63-33-35-19-21-39(51-3)22-20-35)40(29-46(48)60-6)49(57)55-34(2)27-37-16-10-12-18-44(37)55/h9-12,15-23,28-32,34,51H,7-8,13-14,24-27,33H2,1-6H3,(H,53,58)/b52-23-/t34-/m1/s1. The number of aliphatic imine (C=N–C) groups is 1. The molecule has 2 amide bonds. The van der Waals surface area contributed by atoms with E-state index in [1.54, 1.807) is 35.4 Å². The van der Waals surface area contributed by atoms with Crippen molar-refractivity contribution in [1.82, 2.24) is 0 Å². The summed E-state index contributed by atoms with van der Waals surface area (Å²) >= 11 is 0. The lowest BCUT2D eigenvalue weighted by atomic mass is 10.1. The smallest absolute Gasteiger partial charge is 0.411 e. The van der Waals surface area contributed by atoms with Crippen molar-refractivity contribution in [3.63, 3.8) is 0 Å². The fourth-order valence-corrected chi connectivity index (χ4v) is 7.51. The zero-order valence-corrected chi connectivity index (χ0v) is 36.9. The van der Waals surface area contributed by atoms with Crippen LogP contribution in [0.3, 0.4) is 0 Å². The van der Waals surface area contributed by atoms with Gasteiger partial charge in [0.25, 0.3) is 5.91 Å². The summed E-state index contributed by atoms with van der Waals surface area (Å²) in [5.74, 6) is 1.38. The molecule has 330 valence electrons. The number of hydrogen-bond donors (Lipinski definition) is 2. The Labute approximate surface area is 370 Å². The number of benzene rings is 5. The maximum Gasteiger partial charge on any atom is 0.411 e. The van der Waals surface area contributed by atoms with Crippen molar-refractivity contribution in [3.05, 3.63) is 125 Å².